The maximum atomic E-state index is 12.9. The molecular weight excluding hydrogens is 374 g/mol. The lowest BCUT2D eigenvalue weighted by Crippen LogP contribution is -2.23. The molecule has 0 atom stereocenters. The van der Waals surface area contributed by atoms with Crippen LogP contribution in [-0.4, -0.2) is 23.3 Å². The third-order valence-corrected chi connectivity index (χ3v) is 4.64. The number of hydrogen-bond acceptors (Lipinski definition) is 6. The summed E-state index contributed by atoms with van der Waals surface area (Å²) < 4.78 is 11.1. The first-order chi connectivity index (χ1) is 14.0. The maximum Gasteiger partial charge on any atom is 0.318 e. The zero-order chi connectivity index (χ0) is 20.4. The fourth-order valence-corrected chi connectivity index (χ4v) is 3.26. The van der Waals surface area contributed by atoms with Gasteiger partial charge in [-0.05, 0) is 12.1 Å². The van der Waals surface area contributed by atoms with E-state index in [1.54, 1.807) is 48.5 Å². The molecule has 3 aromatic rings. The predicted molar refractivity (Wildman–Crippen MR) is 103 cm³/mol. The Balaban J connectivity index is 1.56. The molecule has 0 unspecified atom stereocenters. The molecule has 4 rings (SSSR count). The second kappa shape index (κ2) is 7.55. The Morgan fingerprint density at radius 3 is 2.17 bits per heavy atom. The SMILES string of the molecule is O=C(COC(=O)C1c2ccccc2Oc2ccccc21)c1cccc([N+](=O)[O-])c1. The summed E-state index contributed by atoms with van der Waals surface area (Å²) >= 11 is 0. The van der Waals surface area contributed by atoms with Crippen molar-refractivity contribution in [2.24, 2.45) is 0 Å². The van der Waals surface area contributed by atoms with Crippen LogP contribution < -0.4 is 4.74 Å². The lowest BCUT2D eigenvalue weighted by atomic mass is 9.88. The van der Waals surface area contributed by atoms with Gasteiger partial charge in [0.15, 0.2) is 6.61 Å². The van der Waals surface area contributed by atoms with Gasteiger partial charge in [-0.2, -0.15) is 0 Å². The molecule has 0 aromatic heterocycles. The summed E-state index contributed by atoms with van der Waals surface area (Å²) in [4.78, 5) is 35.6. The quantitative estimate of drug-likeness (QED) is 0.280. The van der Waals surface area contributed by atoms with Crippen LogP contribution in [0, 0.1) is 10.1 Å². The van der Waals surface area contributed by atoms with Crippen LogP contribution >= 0.6 is 0 Å². The van der Waals surface area contributed by atoms with Crippen LogP contribution in [0.15, 0.2) is 72.8 Å². The number of ketones is 1. The van der Waals surface area contributed by atoms with Crippen molar-refractivity contribution in [2.45, 2.75) is 5.92 Å². The van der Waals surface area contributed by atoms with Crippen molar-refractivity contribution in [2.75, 3.05) is 6.61 Å². The van der Waals surface area contributed by atoms with Crippen molar-refractivity contribution in [3.63, 3.8) is 0 Å². The number of non-ortho nitro benzene ring substituents is 1. The van der Waals surface area contributed by atoms with Gasteiger partial charge in [0.25, 0.3) is 5.69 Å². The first-order valence-corrected chi connectivity index (χ1v) is 8.84. The largest absolute Gasteiger partial charge is 0.457 e. The Hall–Kier alpha value is -4.00. The van der Waals surface area contributed by atoms with Gasteiger partial charge in [-0.1, -0.05) is 48.5 Å². The average Bonchev–Trinajstić information content (AvgIpc) is 2.75. The van der Waals surface area contributed by atoms with Gasteiger partial charge in [0, 0.05) is 28.8 Å². The van der Waals surface area contributed by atoms with Crippen molar-refractivity contribution in [1.29, 1.82) is 0 Å². The number of nitro groups is 1. The van der Waals surface area contributed by atoms with Gasteiger partial charge in [-0.25, -0.2) is 0 Å². The van der Waals surface area contributed by atoms with Crippen molar-refractivity contribution in [1.82, 2.24) is 0 Å². The Morgan fingerprint density at radius 1 is 0.931 bits per heavy atom. The van der Waals surface area contributed by atoms with Gasteiger partial charge >= 0.3 is 5.97 Å². The van der Waals surface area contributed by atoms with E-state index in [1.165, 1.54) is 18.2 Å². The maximum absolute atomic E-state index is 12.9. The van der Waals surface area contributed by atoms with E-state index in [2.05, 4.69) is 0 Å². The van der Waals surface area contributed by atoms with E-state index in [9.17, 15) is 19.7 Å². The number of carbonyl (C=O) groups is 2. The molecule has 0 spiro atoms. The molecule has 0 saturated heterocycles. The van der Waals surface area contributed by atoms with E-state index in [1.807, 2.05) is 0 Å². The second-order valence-corrected chi connectivity index (χ2v) is 6.45. The van der Waals surface area contributed by atoms with E-state index in [-0.39, 0.29) is 11.3 Å². The number of nitro benzene ring substituents is 1. The van der Waals surface area contributed by atoms with E-state index in [4.69, 9.17) is 9.47 Å². The summed E-state index contributed by atoms with van der Waals surface area (Å²) in [6.07, 6.45) is 0. The summed E-state index contributed by atoms with van der Waals surface area (Å²) in [6.45, 7) is -0.512. The monoisotopic (exact) mass is 389 g/mol. The number of para-hydroxylation sites is 2. The fourth-order valence-electron chi connectivity index (χ4n) is 3.26. The number of benzene rings is 3. The number of esters is 1. The highest BCUT2D eigenvalue weighted by Crippen LogP contribution is 2.44. The first kappa shape index (κ1) is 18.4. The highest BCUT2D eigenvalue weighted by atomic mass is 16.6. The van der Waals surface area contributed by atoms with Crippen LogP contribution in [0.25, 0.3) is 0 Å². The number of Topliss-reactive ketones (excluding diaryl/α,β-unsaturated/α-hetero) is 1. The molecule has 1 aliphatic heterocycles. The summed E-state index contributed by atoms with van der Waals surface area (Å²) in [5, 5.41) is 10.9. The average molecular weight is 389 g/mol. The Morgan fingerprint density at radius 2 is 1.55 bits per heavy atom. The zero-order valence-corrected chi connectivity index (χ0v) is 15.1. The molecule has 144 valence electrons. The van der Waals surface area contributed by atoms with Gasteiger partial charge in [-0.15, -0.1) is 0 Å². The van der Waals surface area contributed by atoms with Crippen LogP contribution in [0.1, 0.15) is 27.4 Å². The number of fused-ring (bicyclic) bond motifs is 2. The Bertz CT molecular complexity index is 1080. The van der Waals surface area contributed by atoms with Crippen LogP contribution in [0.5, 0.6) is 11.5 Å². The van der Waals surface area contributed by atoms with Crippen molar-refractivity contribution in [3.8, 4) is 11.5 Å². The highest BCUT2D eigenvalue weighted by Gasteiger charge is 2.33. The normalized spacial score (nSPS) is 12.3. The number of ether oxygens (including phenoxy) is 2. The van der Waals surface area contributed by atoms with Crippen molar-refractivity contribution < 1.29 is 24.0 Å². The van der Waals surface area contributed by atoms with E-state index in [0.29, 0.717) is 22.6 Å². The minimum atomic E-state index is -0.728. The Labute approximate surface area is 165 Å². The summed E-state index contributed by atoms with van der Waals surface area (Å²) in [5.41, 5.74) is 1.22. The van der Waals surface area contributed by atoms with Gasteiger partial charge in [0.05, 0.1) is 4.92 Å². The summed E-state index contributed by atoms with van der Waals surface area (Å²) in [7, 11) is 0. The zero-order valence-electron chi connectivity index (χ0n) is 15.1. The summed E-state index contributed by atoms with van der Waals surface area (Å²) in [5.74, 6) is -0.729. The molecule has 29 heavy (non-hydrogen) atoms. The van der Waals surface area contributed by atoms with Crippen LogP contribution in [0.4, 0.5) is 5.69 Å². The standard InChI is InChI=1S/C22H15NO6/c24-18(14-6-5-7-15(12-14)23(26)27)13-28-22(25)21-16-8-1-3-10-19(16)29-20-11-4-2-9-17(20)21/h1-12,21H,13H2. The number of rotatable bonds is 5. The molecule has 0 radical (unpaired) electrons. The highest BCUT2D eigenvalue weighted by molar-refractivity contribution is 5.99. The van der Waals surface area contributed by atoms with Gasteiger partial charge in [-0.3, -0.25) is 19.7 Å². The number of nitrogens with zero attached hydrogens (tertiary/aromatic N) is 1. The number of hydrogen-bond donors (Lipinski definition) is 0. The minimum Gasteiger partial charge on any atom is -0.457 e. The molecule has 0 amide bonds. The molecule has 3 aromatic carbocycles. The molecule has 7 heteroatoms. The number of carbonyl (C=O) groups excluding carboxylic acids is 2. The minimum absolute atomic E-state index is 0.111. The fraction of sp³-hybridized carbons (Fsp3) is 0.0909. The molecule has 0 fully saturated rings. The Kier molecular flexibility index (Phi) is 4.78. The second-order valence-electron chi connectivity index (χ2n) is 6.45. The molecule has 0 aliphatic carbocycles. The molecule has 1 aliphatic rings. The van der Waals surface area contributed by atoms with E-state index >= 15 is 0 Å². The topological polar surface area (TPSA) is 95.7 Å². The van der Waals surface area contributed by atoms with Gasteiger partial charge in [0.1, 0.15) is 17.4 Å². The van der Waals surface area contributed by atoms with E-state index < -0.39 is 29.2 Å². The molecule has 7 nitrogen and oxygen atoms in total. The third kappa shape index (κ3) is 3.58. The van der Waals surface area contributed by atoms with Gasteiger partial charge < -0.3 is 9.47 Å². The lowest BCUT2D eigenvalue weighted by molar-refractivity contribution is -0.384. The van der Waals surface area contributed by atoms with Crippen LogP contribution in [0.3, 0.4) is 0 Å². The molecule has 0 saturated carbocycles. The molecule has 1 heterocycles. The summed E-state index contributed by atoms with van der Waals surface area (Å²) in [6, 6.07) is 19.6. The molecular formula is C22H15NO6. The lowest BCUT2D eigenvalue weighted by Gasteiger charge is -2.26. The third-order valence-electron chi connectivity index (χ3n) is 4.64. The predicted octanol–water partition coefficient (Wildman–Crippen LogP) is 4.26. The van der Waals surface area contributed by atoms with Crippen molar-refractivity contribution in [3.05, 3.63) is 99.6 Å². The van der Waals surface area contributed by atoms with Crippen LogP contribution in [0.2, 0.25) is 0 Å². The van der Waals surface area contributed by atoms with Gasteiger partial charge in [0.2, 0.25) is 5.78 Å². The van der Waals surface area contributed by atoms with Crippen molar-refractivity contribution >= 4 is 17.4 Å². The first-order valence-electron chi connectivity index (χ1n) is 8.84. The smallest absolute Gasteiger partial charge is 0.318 e. The molecule has 0 bridgehead atoms. The van der Waals surface area contributed by atoms with Crippen LogP contribution in [-0.2, 0) is 9.53 Å². The van der Waals surface area contributed by atoms with E-state index in [0.717, 1.165) is 6.07 Å². The molecule has 0 N–H and O–H groups in total.